The van der Waals surface area contributed by atoms with Crippen molar-refractivity contribution in [1.29, 1.82) is 0 Å². The van der Waals surface area contributed by atoms with Crippen molar-refractivity contribution in [3.63, 3.8) is 0 Å². The Labute approximate surface area is 181 Å². The molecule has 152 valence electrons. The third kappa shape index (κ3) is 5.22. The zero-order chi connectivity index (χ0) is 19.9. The van der Waals surface area contributed by atoms with Gasteiger partial charge in [0.15, 0.2) is 0 Å². The largest absolute Gasteiger partial charge is 0.306 e. The number of benzene rings is 1. The molecule has 4 nitrogen and oxygen atoms in total. The zero-order valence-electron chi connectivity index (χ0n) is 16.5. The lowest BCUT2D eigenvalue weighted by molar-refractivity contribution is 0.0982. The van der Waals surface area contributed by atoms with Gasteiger partial charge >= 0.3 is 0 Å². The quantitative estimate of drug-likeness (QED) is 0.271. The van der Waals surface area contributed by atoms with E-state index in [1.165, 1.54) is 54.5 Å². The molecule has 7 heteroatoms. The minimum absolute atomic E-state index is 0.0245. The molecule has 1 aromatic carbocycles. The first-order valence-electron chi connectivity index (χ1n) is 9.88. The van der Waals surface area contributed by atoms with Crippen LogP contribution >= 0.6 is 35.3 Å². The molecule has 28 heavy (non-hydrogen) atoms. The number of fused-ring (bicyclic) bond motifs is 1. The smallest absolute Gasteiger partial charge is 0.276 e. The maximum Gasteiger partial charge on any atom is 0.276 e. The molecule has 0 aliphatic carbocycles. The average molecular weight is 438 g/mol. The molecule has 0 atom stereocenters. The number of amides is 1. The van der Waals surface area contributed by atoms with Crippen LogP contribution in [0, 0.1) is 0 Å². The Bertz CT molecular complexity index is 809. The second-order valence-corrected chi connectivity index (χ2v) is 9.16. The van der Waals surface area contributed by atoms with Gasteiger partial charge in [-0.15, -0.1) is 11.8 Å². The Hall–Kier alpha value is -1.24. The van der Waals surface area contributed by atoms with Crippen LogP contribution in [0.3, 0.4) is 0 Å². The van der Waals surface area contributed by atoms with Gasteiger partial charge in [-0.2, -0.15) is 0 Å². The fraction of sp³-hybridized carbons (Fsp3) is 0.476. The normalized spacial score (nSPS) is 13.0. The van der Waals surface area contributed by atoms with Gasteiger partial charge in [-0.05, 0) is 60.4 Å². The highest BCUT2D eigenvalue weighted by molar-refractivity contribution is 7.99. The van der Waals surface area contributed by atoms with Gasteiger partial charge in [0.25, 0.3) is 5.91 Å². The lowest BCUT2D eigenvalue weighted by atomic mass is 10.2. The lowest BCUT2D eigenvalue weighted by Gasteiger charge is -2.19. The number of hydrogen-bond acceptors (Lipinski definition) is 4. The molecule has 1 aliphatic rings. The fourth-order valence-electron chi connectivity index (χ4n) is 3.48. The Morgan fingerprint density at radius 2 is 2.04 bits per heavy atom. The summed E-state index contributed by atoms with van der Waals surface area (Å²) in [7, 11) is 0. The van der Waals surface area contributed by atoms with Crippen LogP contribution in [0.25, 0.3) is 0 Å². The Kier molecular flexibility index (Phi) is 8.06. The van der Waals surface area contributed by atoms with Crippen LogP contribution in [-0.2, 0) is 6.42 Å². The van der Waals surface area contributed by atoms with E-state index in [2.05, 4.69) is 30.0 Å². The molecule has 0 fully saturated rings. The van der Waals surface area contributed by atoms with Gasteiger partial charge in [0.1, 0.15) is 5.69 Å². The maximum atomic E-state index is 13.1. The highest BCUT2D eigenvalue weighted by atomic mass is 35.5. The number of aromatic nitrogens is 1. The topological polar surface area (TPSA) is 37.3 Å². The number of halogens is 1. The summed E-state index contributed by atoms with van der Waals surface area (Å²) in [6, 6.07) is 8.21. The van der Waals surface area contributed by atoms with Gasteiger partial charge < -0.3 is 4.90 Å². The van der Waals surface area contributed by atoms with Crippen LogP contribution in [0.4, 0.5) is 5.69 Å². The van der Waals surface area contributed by atoms with E-state index in [0.717, 1.165) is 17.9 Å². The molecule has 0 bridgehead atoms. The summed E-state index contributed by atoms with van der Waals surface area (Å²) in [5.41, 5.74) is 2.83. The summed E-state index contributed by atoms with van der Waals surface area (Å²) in [6.45, 7) is 2.96. The van der Waals surface area contributed by atoms with Crippen LogP contribution in [-0.4, -0.2) is 29.1 Å². The lowest BCUT2D eigenvalue weighted by Crippen LogP contribution is -2.31. The van der Waals surface area contributed by atoms with E-state index in [1.54, 1.807) is 16.9 Å². The fourth-order valence-corrected chi connectivity index (χ4v) is 5.00. The first-order valence-corrected chi connectivity index (χ1v) is 12.5. The molecule has 1 aliphatic heterocycles. The van der Waals surface area contributed by atoms with Gasteiger partial charge in [-0.1, -0.05) is 44.2 Å². The van der Waals surface area contributed by atoms with Gasteiger partial charge in [-0.3, -0.25) is 14.3 Å². The van der Waals surface area contributed by atoms with Gasteiger partial charge in [0.05, 0.1) is 5.02 Å². The highest BCUT2D eigenvalue weighted by Gasteiger charge is 2.28. The van der Waals surface area contributed by atoms with Crippen molar-refractivity contribution in [1.82, 2.24) is 4.68 Å². The third-order valence-corrected chi connectivity index (χ3v) is 6.57. The molecule has 0 saturated heterocycles. The second-order valence-electron chi connectivity index (χ2n) is 6.97. The van der Waals surface area contributed by atoms with Crippen molar-refractivity contribution in [2.24, 2.45) is 0 Å². The minimum Gasteiger partial charge on any atom is -0.306 e. The standard InChI is InChI=1S/C21H28ClN3OS2/c1-3-4-5-6-7-12-28-18-8-9-19-16(13-18)10-11-24(19)21(26)20-14-17(22)15-25(20)23-27-2/h8-9,13-15,23H,3-7,10-12H2,1-2H3. The number of thioether (sulfide) groups is 1. The summed E-state index contributed by atoms with van der Waals surface area (Å²) in [5.74, 6) is 1.14. The van der Waals surface area contributed by atoms with E-state index in [0.29, 0.717) is 17.3 Å². The Morgan fingerprint density at radius 1 is 1.21 bits per heavy atom. The number of carbonyl (C=O) groups excluding carboxylic acids is 1. The Morgan fingerprint density at radius 3 is 2.82 bits per heavy atom. The average Bonchev–Trinajstić information content (AvgIpc) is 3.27. The number of anilines is 1. The molecular weight excluding hydrogens is 410 g/mol. The van der Waals surface area contributed by atoms with E-state index in [9.17, 15) is 4.79 Å². The summed E-state index contributed by atoms with van der Waals surface area (Å²) in [6.07, 6.45) is 11.1. The zero-order valence-corrected chi connectivity index (χ0v) is 18.9. The summed E-state index contributed by atoms with van der Waals surface area (Å²) >= 11 is 9.47. The van der Waals surface area contributed by atoms with Crippen molar-refractivity contribution >= 4 is 46.9 Å². The maximum absolute atomic E-state index is 13.1. The van der Waals surface area contributed by atoms with Crippen molar-refractivity contribution in [3.05, 3.63) is 46.7 Å². The van der Waals surface area contributed by atoms with Crippen LogP contribution < -0.4 is 9.73 Å². The van der Waals surface area contributed by atoms with Crippen molar-refractivity contribution in [2.45, 2.75) is 50.3 Å². The first kappa shape index (κ1) is 21.5. The molecule has 1 aromatic heterocycles. The van der Waals surface area contributed by atoms with Crippen LogP contribution in [0.15, 0.2) is 35.4 Å². The van der Waals surface area contributed by atoms with E-state index < -0.39 is 0 Å². The van der Waals surface area contributed by atoms with Crippen LogP contribution in [0.1, 0.15) is 55.1 Å². The van der Waals surface area contributed by atoms with Crippen molar-refractivity contribution < 1.29 is 4.79 Å². The molecular formula is C21H28ClN3OS2. The highest BCUT2D eigenvalue weighted by Crippen LogP contribution is 2.33. The Balaban J connectivity index is 1.63. The number of unbranched alkanes of at least 4 members (excludes halogenated alkanes) is 4. The SMILES string of the molecule is CCCCCCCSc1ccc2c(c1)CCN2C(=O)c1cc(Cl)cn1NSC. The van der Waals surface area contributed by atoms with Crippen molar-refractivity contribution in [2.75, 3.05) is 28.3 Å². The van der Waals surface area contributed by atoms with E-state index >= 15 is 0 Å². The van der Waals surface area contributed by atoms with Crippen molar-refractivity contribution in [3.8, 4) is 0 Å². The third-order valence-electron chi connectivity index (χ3n) is 4.90. The molecule has 0 unspecified atom stereocenters. The second kappa shape index (κ2) is 10.5. The van der Waals surface area contributed by atoms with Gasteiger partial charge in [-0.25, -0.2) is 0 Å². The van der Waals surface area contributed by atoms with Gasteiger partial charge in [0.2, 0.25) is 0 Å². The monoisotopic (exact) mass is 437 g/mol. The number of carbonyl (C=O) groups is 1. The molecule has 2 heterocycles. The molecule has 1 N–H and O–H groups in total. The summed E-state index contributed by atoms with van der Waals surface area (Å²) < 4.78 is 1.69. The summed E-state index contributed by atoms with van der Waals surface area (Å²) in [4.78, 5) is 19.3. The molecule has 3 rings (SSSR count). The first-order chi connectivity index (χ1) is 13.6. The molecule has 0 spiro atoms. The van der Waals surface area contributed by atoms with E-state index in [1.807, 2.05) is 22.9 Å². The number of rotatable bonds is 10. The van der Waals surface area contributed by atoms with E-state index in [4.69, 9.17) is 11.6 Å². The van der Waals surface area contributed by atoms with Crippen LogP contribution in [0.2, 0.25) is 5.02 Å². The predicted octanol–water partition coefficient (Wildman–Crippen LogP) is 6.23. The van der Waals surface area contributed by atoms with Crippen LogP contribution in [0.5, 0.6) is 0 Å². The molecule has 0 radical (unpaired) electrons. The number of nitrogens with zero attached hydrogens (tertiary/aromatic N) is 2. The molecule has 0 saturated carbocycles. The number of nitrogens with one attached hydrogen (secondary N) is 1. The van der Waals surface area contributed by atoms with E-state index in [-0.39, 0.29) is 5.91 Å². The number of hydrogen-bond donors (Lipinski definition) is 1. The summed E-state index contributed by atoms with van der Waals surface area (Å²) in [5, 5.41) is 0.551. The molecule has 2 aromatic rings. The predicted molar refractivity (Wildman–Crippen MR) is 124 cm³/mol. The minimum atomic E-state index is -0.0245. The molecule has 1 amide bonds. The van der Waals surface area contributed by atoms with Gasteiger partial charge in [0, 0.05) is 29.6 Å².